The van der Waals surface area contributed by atoms with Crippen LogP contribution in [0.2, 0.25) is 0 Å². The van der Waals surface area contributed by atoms with Crippen molar-refractivity contribution in [2.24, 2.45) is 5.11 Å². The molecule has 1 saturated heterocycles. The fourth-order valence-electron chi connectivity index (χ4n) is 4.38. The van der Waals surface area contributed by atoms with Crippen LogP contribution in [0, 0.1) is 0 Å². The molecule has 15 nitrogen and oxygen atoms in total. The predicted molar refractivity (Wildman–Crippen MR) is 149 cm³/mol. The molecule has 0 aromatic heterocycles. The fraction of sp³-hybridized carbons (Fsp3) is 0.593. The average Bonchev–Trinajstić information content (AvgIpc) is 3.23. The van der Waals surface area contributed by atoms with Crippen LogP contribution in [0.5, 0.6) is 0 Å². The number of azide groups is 1. The van der Waals surface area contributed by atoms with E-state index in [9.17, 15) is 24.0 Å². The van der Waals surface area contributed by atoms with Crippen LogP contribution in [-0.4, -0.2) is 97.2 Å². The zero-order valence-corrected chi connectivity index (χ0v) is 24.1. The smallest absolute Gasteiger partial charge is 0.410 e. The van der Waals surface area contributed by atoms with Crippen molar-refractivity contribution < 1.29 is 38.2 Å². The van der Waals surface area contributed by atoms with Crippen molar-refractivity contribution in [3.05, 3.63) is 39.8 Å². The molecule has 0 spiro atoms. The summed E-state index contributed by atoms with van der Waals surface area (Å²) in [5.41, 5.74) is 9.10. The summed E-state index contributed by atoms with van der Waals surface area (Å²) in [6.07, 6.45) is -0.159. The first-order valence-corrected chi connectivity index (χ1v) is 13.7. The van der Waals surface area contributed by atoms with Crippen molar-refractivity contribution in [3.8, 4) is 0 Å². The zero-order valence-electron chi connectivity index (χ0n) is 24.1. The van der Waals surface area contributed by atoms with E-state index in [1.807, 2.05) is 0 Å². The first-order valence-electron chi connectivity index (χ1n) is 13.7. The molecule has 228 valence electrons. The molecule has 1 fully saturated rings. The summed E-state index contributed by atoms with van der Waals surface area (Å²) >= 11 is 0. The lowest BCUT2D eigenvalue weighted by Crippen LogP contribution is -2.52. The maximum Gasteiger partial charge on any atom is 0.410 e. The highest BCUT2D eigenvalue weighted by atomic mass is 16.6. The maximum atomic E-state index is 12.9. The molecule has 1 unspecified atom stereocenters. The largest absolute Gasteiger partial charge is 0.444 e. The van der Waals surface area contributed by atoms with Gasteiger partial charge in [0.2, 0.25) is 17.7 Å². The van der Waals surface area contributed by atoms with E-state index in [-0.39, 0.29) is 83.0 Å². The molecular formula is C27H37N7O8. The van der Waals surface area contributed by atoms with E-state index in [0.717, 1.165) is 0 Å². The maximum absolute atomic E-state index is 12.9. The number of nitrogens with zero attached hydrogens (tertiary/aromatic N) is 5. The number of ether oxygens (including phenoxy) is 3. The number of benzene rings is 1. The van der Waals surface area contributed by atoms with Gasteiger partial charge in [0.25, 0.3) is 5.91 Å². The van der Waals surface area contributed by atoms with E-state index in [4.69, 9.17) is 19.7 Å². The standard InChI is InChI=1S/C27H37N7O8/c1-27(2,3)42-26(39)33(11-13-41-15-14-40-12-9-29-32-28)10-8-23(36)30-19-4-5-20-18(16-19)17-34(25(20)38)21-6-7-22(35)31-24(21)37/h4-5,16,21H,6-15,17H2,1-3H3,(H,30,36)(H,31,35,37). The highest BCUT2D eigenvalue weighted by molar-refractivity contribution is 6.05. The average molecular weight is 588 g/mol. The van der Waals surface area contributed by atoms with Gasteiger partial charge in [-0.05, 0) is 56.5 Å². The third kappa shape index (κ3) is 9.72. The Labute approximate surface area is 243 Å². The summed E-state index contributed by atoms with van der Waals surface area (Å²) in [6.45, 7) is 7.00. The molecular weight excluding hydrogens is 550 g/mol. The Bertz CT molecular complexity index is 1230. The van der Waals surface area contributed by atoms with Gasteiger partial charge in [-0.2, -0.15) is 0 Å². The Hall–Kier alpha value is -4.20. The number of nitrogens with one attached hydrogen (secondary N) is 2. The Balaban J connectivity index is 1.50. The molecule has 5 amide bonds. The number of imide groups is 1. The van der Waals surface area contributed by atoms with Crippen LogP contribution >= 0.6 is 0 Å². The summed E-state index contributed by atoms with van der Waals surface area (Å²) < 4.78 is 16.3. The molecule has 15 heteroatoms. The molecule has 1 atom stereocenters. The summed E-state index contributed by atoms with van der Waals surface area (Å²) in [4.78, 5) is 67.6. The van der Waals surface area contributed by atoms with Crippen LogP contribution < -0.4 is 10.6 Å². The van der Waals surface area contributed by atoms with Gasteiger partial charge in [-0.1, -0.05) is 5.11 Å². The monoisotopic (exact) mass is 587 g/mol. The third-order valence-electron chi connectivity index (χ3n) is 6.34. The van der Waals surface area contributed by atoms with Gasteiger partial charge in [0.15, 0.2) is 0 Å². The van der Waals surface area contributed by atoms with E-state index >= 15 is 0 Å². The van der Waals surface area contributed by atoms with E-state index in [2.05, 4.69) is 20.7 Å². The number of carbonyl (C=O) groups excluding carboxylic acids is 5. The van der Waals surface area contributed by atoms with E-state index in [1.54, 1.807) is 39.0 Å². The van der Waals surface area contributed by atoms with Gasteiger partial charge in [0.05, 0.1) is 26.4 Å². The molecule has 2 aliphatic heterocycles. The van der Waals surface area contributed by atoms with Crippen LogP contribution in [0.4, 0.5) is 10.5 Å². The van der Waals surface area contributed by atoms with Gasteiger partial charge in [-0.15, -0.1) is 0 Å². The van der Waals surface area contributed by atoms with Gasteiger partial charge >= 0.3 is 6.09 Å². The number of hydrogen-bond donors (Lipinski definition) is 2. The summed E-state index contributed by atoms with van der Waals surface area (Å²) in [5.74, 6) is -1.49. The van der Waals surface area contributed by atoms with Crippen molar-refractivity contribution in [2.45, 2.75) is 58.2 Å². The van der Waals surface area contributed by atoms with Crippen molar-refractivity contribution >= 4 is 35.4 Å². The summed E-state index contributed by atoms with van der Waals surface area (Å²) in [7, 11) is 0. The van der Waals surface area contributed by atoms with Gasteiger partial charge in [0, 0.05) is 55.2 Å². The van der Waals surface area contributed by atoms with Crippen molar-refractivity contribution in [2.75, 3.05) is 51.4 Å². The molecule has 42 heavy (non-hydrogen) atoms. The molecule has 0 saturated carbocycles. The molecule has 2 aliphatic rings. The van der Waals surface area contributed by atoms with Crippen molar-refractivity contribution in [1.82, 2.24) is 15.1 Å². The number of carbonyl (C=O) groups is 5. The molecule has 0 radical (unpaired) electrons. The molecule has 3 rings (SSSR count). The number of fused-ring (bicyclic) bond motifs is 1. The van der Waals surface area contributed by atoms with Gasteiger partial charge in [0.1, 0.15) is 11.6 Å². The third-order valence-corrected chi connectivity index (χ3v) is 6.34. The van der Waals surface area contributed by atoms with Crippen LogP contribution in [0.3, 0.4) is 0 Å². The second kappa shape index (κ2) is 15.1. The molecule has 2 N–H and O–H groups in total. The first-order chi connectivity index (χ1) is 20.0. The SMILES string of the molecule is CC(C)(C)OC(=O)N(CCOCCOCCN=[N+]=[N-])CCC(=O)Nc1ccc2c(c1)CN(C1CCC(=O)NC1=O)C2=O. The molecule has 1 aromatic carbocycles. The lowest BCUT2D eigenvalue weighted by atomic mass is 10.0. The lowest BCUT2D eigenvalue weighted by molar-refractivity contribution is -0.137. The molecule has 2 heterocycles. The second-order valence-electron chi connectivity index (χ2n) is 10.7. The highest BCUT2D eigenvalue weighted by Crippen LogP contribution is 2.29. The lowest BCUT2D eigenvalue weighted by Gasteiger charge is -2.29. The number of rotatable bonds is 14. The van der Waals surface area contributed by atoms with E-state index in [0.29, 0.717) is 23.4 Å². The minimum absolute atomic E-state index is 0.0137. The van der Waals surface area contributed by atoms with Crippen LogP contribution in [-0.2, 0) is 35.1 Å². The summed E-state index contributed by atoms with van der Waals surface area (Å²) in [5, 5.41) is 8.43. The number of piperidine rings is 1. The van der Waals surface area contributed by atoms with Crippen molar-refractivity contribution in [3.63, 3.8) is 0 Å². The van der Waals surface area contributed by atoms with Gasteiger partial charge in [-0.25, -0.2) is 4.79 Å². The van der Waals surface area contributed by atoms with Crippen molar-refractivity contribution in [1.29, 1.82) is 0 Å². The summed E-state index contributed by atoms with van der Waals surface area (Å²) in [6, 6.07) is 4.17. The highest BCUT2D eigenvalue weighted by Gasteiger charge is 2.39. The van der Waals surface area contributed by atoms with Crippen LogP contribution in [0.15, 0.2) is 23.3 Å². The Kier molecular flexibility index (Phi) is 11.7. The topological polar surface area (TPSA) is 192 Å². The number of hydrogen-bond acceptors (Lipinski definition) is 9. The van der Waals surface area contributed by atoms with Crippen LogP contribution in [0.1, 0.15) is 56.0 Å². The zero-order chi connectivity index (χ0) is 30.7. The quantitative estimate of drug-likeness (QED) is 0.109. The van der Waals surface area contributed by atoms with Gasteiger partial charge in [-0.3, -0.25) is 24.5 Å². The number of amides is 5. The van der Waals surface area contributed by atoms with Gasteiger partial charge < -0.3 is 29.3 Å². The minimum atomic E-state index is -0.722. The Morgan fingerprint density at radius 2 is 1.88 bits per heavy atom. The second-order valence-corrected chi connectivity index (χ2v) is 10.7. The first kappa shape index (κ1) is 32.3. The molecule has 0 aliphatic carbocycles. The number of anilines is 1. The van der Waals surface area contributed by atoms with E-state index < -0.39 is 23.6 Å². The Morgan fingerprint density at radius 1 is 1.14 bits per heavy atom. The Morgan fingerprint density at radius 3 is 2.57 bits per heavy atom. The van der Waals surface area contributed by atoms with Crippen LogP contribution in [0.25, 0.3) is 10.4 Å². The van der Waals surface area contributed by atoms with E-state index in [1.165, 1.54) is 9.80 Å². The molecule has 1 aromatic rings. The normalized spacial score (nSPS) is 16.4. The predicted octanol–water partition coefficient (Wildman–Crippen LogP) is 2.36. The molecule has 0 bridgehead atoms. The minimum Gasteiger partial charge on any atom is -0.444 e. The fourth-order valence-corrected chi connectivity index (χ4v) is 4.38.